The molecule has 2 bridgehead atoms. The zero-order valence-electron chi connectivity index (χ0n) is 49.2. The molecule has 438 valence electrons. The van der Waals surface area contributed by atoms with Gasteiger partial charge in [-0.2, -0.15) is 0 Å². The van der Waals surface area contributed by atoms with Crippen LogP contribution in [-0.4, -0.2) is 38.4 Å². The summed E-state index contributed by atoms with van der Waals surface area (Å²) in [5.74, 6) is 1.80. The Labute approximate surface area is 529 Å². The van der Waals surface area contributed by atoms with Crippen molar-refractivity contribution in [2.24, 2.45) is 50.7 Å². The van der Waals surface area contributed by atoms with E-state index in [1.165, 1.54) is 24.8 Å². The summed E-state index contributed by atoms with van der Waals surface area (Å²) in [5, 5.41) is 26.7. The fraction of sp³-hybridized carbons (Fsp3) is 0.448. The van der Waals surface area contributed by atoms with E-state index in [0.717, 1.165) is 61.2 Å². The van der Waals surface area contributed by atoms with E-state index in [0.29, 0.717) is 54.9 Å². The van der Waals surface area contributed by atoms with Gasteiger partial charge < -0.3 is 9.47 Å². The molecule has 0 N–H and O–H groups in total. The first-order valence-corrected chi connectivity index (χ1v) is 32.1. The summed E-state index contributed by atoms with van der Waals surface area (Å²) in [7, 11) is 0. The summed E-state index contributed by atoms with van der Waals surface area (Å²) in [4.78, 5) is 72.7. The maximum absolute atomic E-state index is 16.8. The highest BCUT2D eigenvalue weighted by atomic mass is 79.9. The van der Waals surface area contributed by atoms with Crippen LogP contribution < -0.4 is 9.47 Å². The van der Waals surface area contributed by atoms with E-state index in [-0.39, 0.29) is 16.8 Å². The molecule has 0 aliphatic heterocycles. The molecular formula is C67H71Br5N2O9. The van der Waals surface area contributed by atoms with Gasteiger partial charge in [0.2, 0.25) is 0 Å². The summed E-state index contributed by atoms with van der Waals surface area (Å²) >= 11 is 19.5. The van der Waals surface area contributed by atoms with Gasteiger partial charge in [-0.15, -0.1) is 0 Å². The van der Waals surface area contributed by atoms with Gasteiger partial charge in [0.05, 0.1) is 39.2 Å². The van der Waals surface area contributed by atoms with Crippen LogP contribution in [-0.2, 0) is 5.41 Å². The highest BCUT2D eigenvalue weighted by molar-refractivity contribution is 9.11. The first-order valence-electron chi connectivity index (χ1n) is 28.2. The van der Waals surface area contributed by atoms with Crippen molar-refractivity contribution in [1.29, 1.82) is 0 Å². The maximum Gasteiger partial charge on any atom is 0.277 e. The van der Waals surface area contributed by atoms with E-state index >= 15 is 14.4 Å². The predicted octanol–water partition coefficient (Wildman–Crippen LogP) is 20.3. The Hall–Kier alpha value is -4.61. The molecule has 9 rings (SSSR count). The largest absolute Gasteiger partial charge is 0.486 e. The van der Waals surface area contributed by atoms with Crippen LogP contribution in [0.2, 0.25) is 0 Å². The van der Waals surface area contributed by atoms with E-state index in [9.17, 15) is 20.2 Å². The van der Waals surface area contributed by atoms with Crippen LogP contribution >= 0.6 is 79.6 Å². The van der Waals surface area contributed by atoms with Gasteiger partial charge in [-0.05, 0) is 206 Å². The number of rotatable bonds is 18. The van der Waals surface area contributed by atoms with E-state index in [4.69, 9.17) is 9.47 Å². The predicted molar refractivity (Wildman–Crippen MR) is 345 cm³/mol. The van der Waals surface area contributed by atoms with Gasteiger partial charge in [0.25, 0.3) is 11.4 Å². The standard InChI is InChI=1S/C67H71Br5N2O9/c1-60(2,3)82-55-51(69)31-41(32-52(55)70)67(36-40-30-50(67)48-22-17-21-47(40)48)42-33-53(71)56(54(72)34-42)83-64(10,11)63(8,9)66(13,62(6,7)57(75)38-24-26-43(68)27-25-38)65(12,58(76)39-28-44(73(78)79)35-45(29-39)74(80)81)61(4,5)59(77)49-23-16-19-37-18-14-15-20-46(37)49/h14-16,18-20,23-29,31-35,40,47-48,50H,17,21-22,30,36H2,1-13H3/t40-,47+,48+,50-,65?,66?,67?/m0/s1. The number of ether oxygens (including phenoxy) is 2. The summed E-state index contributed by atoms with van der Waals surface area (Å²) in [6, 6.07) is 31.5. The minimum absolute atomic E-state index is 0.309. The quantitative estimate of drug-likeness (QED) is 0.0464. The number of nitrogens with zero attached hydrogens (tertiary/aromatic N) is 2. The number of benzene rings is 6. The first-order chi connectivity index (χ1) is 38.5. The molecule has 7 atom stereocenters. The van der Waals surface area contributed by atoms with Gasteiger partial charge in [-0.3, -0.25) is 34.6 Å². The van der Waals surface area contributed by atoms with Gasteiger partial charge >= 0.3 is 0 Å². The maximum atomic E-state index is 16.8. The first kappa shape index (κ1) is 62.9. The van der Waals surface area contributed by atoms with Crippen molar-refractivity contribution in [3.63, 3.8) is 0 Å². The summed E-state index contributed by atoms with van der Waals surface area (Å²) in [6.45, 7) is 24.2. The summed E-state index contributed by atoms with van der Waals surface area (Å²) in [6.07, 6.45) is 5.78. The highest BCUT2D eigenvalue weighted by Crippen LogP contribution is 2.73. The second kappa shape index (κ2) is 22.0. The number of nitro groups is 2. The van der Waals surface area contributed by atoms with Crippen LogP contribution in [0.5, 0.6) is 11.5 Å². The van der Waals surface area contributed by atoms with Gasteiger partial charge in [0.1, 0.15) is 22.7 Å². The second-order valence-corrected chi connectivity index (χ2v) is 31.1. The van der Waals surface area contributed by atoms with E-state index < -0.39 is 71.1 Å². The van der Waals surface area contributed by atoms with Crippen molar-refractivity contribution in [2.75, 3.05) is 0 Å². The minimum atomic E-state index is -2.10. The van der Waals surface area contributed by atoms with Crippen LogP contribution in [0.4, 0.5) is 11.4 Å². The van der Waals surface area contributed by atoms with E-state index in [2.05, 4.69) is 104 Å². The molecule has 0 aromatic heterocycles. The molecule has 0 heterocycles. The van der Waals surface area contributed by atoms with Crippen molar-refractivity contribution >= 4 is 119 Å². The fourth-order valence-electron chi connectivity index (χ4n) is 15.7. The normalized spacial score (nSPS) is 21.5. The smallest absolute Gasteiger partial charge is 0.277 e. The third-order valence-corrected chi connectivity index (χ3v) is 23.8. The Morgan fingerprint density at radius 3 is 1.60 bits per heavy atom. The molecule has 0 radical (unpaired) electrons. The molecule has 11 nitrogen and oxygen atoms in total. The fourth-order valence-corrected chi connectivity index (χ4v) is 18.6. The number of halogens is 5. The molecule has 3 aliphatic rings. The zero-order valence-corrected chi connectivity index (χ0v) is 57.1. The third kappa shape index (κ3) is 10.1. The molecular weight excluding hydrogens is 1380 g/mol. The third-order valence-electron chi connectivity index (χ3n) is 20.9. The van der Waals surface area contributed by atoms with Crippen LogP contribution in [0, 0.1) is 71.0 Å². The molecule has 6 aromatic carbocycles. The van der Waals surface area contributed by atoms with E-state index in [1.807, 2.05) is 85.7 Å². The van der Waals surface area contributed by atoms with Crippen molar-refractivity contribution in [1.82, 2.24) is 0 Å². The Balaban J connectivity index is 1.26. The van der Waals surface area contributed by atoms with Crippen molar-refractivity contribution in [2.45, 2.75) is 139 Å². The number of nitro benzene ring substituents is 2. The number of ketones is 3. The van der Waals surface area contributed by atoms with Gasteiger partial charge in [-0.25, -0.2) is 0 Å². The number of carbonyl (C=O) groups excluding carboxylic acids is 3. The molecule has 6 aromatic rings. The summed E-state index contributed by atoms with van der Waals surface area (Å²) in [5.41, 5.74) is -9.70. The molecule has 3 unspecified atom stereocenters. The minimum Gasteiger partial charge on any atom is -0.486 e. The Kier molecular flexibility index (Phi) is 16.6. The Morgan fingerprint density at radius 1 is 0.566 bits per heavy atom. The second-order valence-electron chi connectivity index (χ2n) is 26.8. The van der Waals surface area contributed by atoms with Crippen molar-refractivity contribution in [3.8, 4) is 11.5 Å². The molecule has 3 fully saturated rings. The lowest BCUT2D eigenvalue weighted by molar-refractivity contribution is -0.394. The molecule has 3 saturated carbocycles. The molecule has 16 heteroatoms. The Bertz CT molecular complexity index is 3580. The Morgan fingerprint density at radius 2 is 1.07 bits per heavy atom. The monoisotopic (exact) mass is 1440 g/mol. The van der Waals surface area contributed by atoms with E-state index in [1.54, 1.807) is 71.0 Å². The lowest BCUT2D eigenvalue weighted by Gasteiger charge is -2.68. The van der Waals surface area contributed by atoms with Gasteiger partial charge in [-0.1, -0.05) is 132 Å². The molecule has 0 spiro atoms. The average Bonchev–Trinajstić information content (AvgIpc) is 2.53. The van der Waals surface area contributed by atoms with Gasteiger partial charge in [0.15, 0.2) is 17.3 Å². The highest BCUT2D eigenvalue weighted by Gasteiger charge is 2.74. The number of carbonyl (C=O) groups is 3. The molecule has 0 saturated heterocycles. The lowest BCUT2D eigenvalue weighted by Crippen LogP contribution is -2.71. The number of hydrogen-bond donors (Lipinski definition) is 0. The number of non-ortho nitro benzene ring substituents is 2. The SMILES string of the molecule is CC(C)(C)Oc1c(Br)cc(C2(c3cc(Br)c(OC(C)(C)C(C)(C)C(C)(C(C)(C)C(=O)c4ccc(Br)cc4)C(C)(C(=O)c4cc([N+](=O)[O-])cc([N+](=O)[O-])c4)C(C)(C)C(=O)c4cccc5ccccc45)c(Br)c3)C[C@@H]3C[C@H]2[C@@H]2CCC[C@H]32)cc1Br. The lowest BCUT2D eigenvalue weighted by atomic mass is 9.34. The van der Waals surface area contributed by atoms with Crippen molar-refractivity contribution in [3.05, 3.63) is 180 Å². The summed E-state index contributed by atoms with van der Waals surface area (Å²) < 4.78 is 17.8. The van der Waals surface area contributed by atoms with Gasteiger partial charge in [0, 0.05) is 60.4 Å². The number of hydrogen-bond acceptors (Lipinski definition) is 9. The molecule has 0 amide bonds. The number of fused-ring (bicyclic) bond motifs is 6. The van der Waals surface area contributed by atoms with Crippen LogP contribution in [0.1, 0.15) is 164 Å². The average molecular weight is 1450 g/mol. The molecule has 3 aliphatic carbocycles. The van der Waals surface area contributed by atoms with Crippen LogP contribution in [0.3, 0.4) is 0 Å². The van der Waals surface area contributed by atoms with Crippen LogP contribution in [0.25, 0.3) is 10.8 Å². The topological polar surface area (TPSA) is 156 Å². The molecule has 83 heavy (non-hydrogen) atoms. The zero-order chi connectivity index (χ0) is 61.1. The van der Waals surface area contributed by atoms with Crippen molar-refractivity contribution < 1.29 is 33.7 Å². The number of Topliss-reactive ketones (excluding diaryl/α,β-unsaturated/α-hetero) is 3. The van der Waals surface area contributed by atoms with Crippen LogP contribution in [0.15, 0.2) is 132 Å².